The summed E-state index contributed by atoms with van der Waals surface area (Å²) >= 11 is 0. The van der Waals surface area contributed by atoms with Gasteiger partial charge in [-0.3, -0.25) is 4.68 Å². The van der Waals surface area contributed by atoms with Crippen molar-refractivity contribution in [3.8, 4) is 0 Å². The Bertz CT molecular complexity index is 356. The van der Waals surface area contributed by atoms with Crippen LogP contribution in [0.2, 0.25) is 0 Å². The molecule has 0 amide bonds. The molecule has 2 rings (SSSR count). The number of nitrogens with one attached hydrogen (secondary N) is 1. The second-order valence-corrected chi connectivity index (χ2v) is 5.06. The molecule has 1 aromatic rings. The molecular weight excluding hydrogens is 257 g/mol. The smallest absolute Gasteiger partial charge is 0.314 e. The van der Waals surface area contributed by atoms with E-state index in [1.54, 1.807) is 17.1 Å². The van der Waals surface area contributed by atoms with Crippen LogP contribution in [-0.2, 0) is 6.54 Å². The van der Waals surface area contributed by atoms with Gasteiger partial charge in [0.25, 0.3) is 0 Å². The molecule has 0 aromatic carbocycles. The minimum absolute atomic E-state index is 0.231. The third-order valence-electron chi connectivity index (χ3n) is 3.66. The van der Waals surface area contributed by atoms with Gasteiger partial charge in [0.1, 0.15) is 0 Å². The monoisotopic (exact) mass is 276 g/mol. The summed E-state index contributed by atoms with van der Waals surface area (Å²) in [7, 11) is 0. The number of rotatable bonds is 5. The number of nitrogens with zero attached hydrogens (tertiary/aromatic N) is 3. The average Bonchev–Trinajstić information content (AvgIpc) is 2.87. The summed E-state index contributed by atoms with van der Waals surface area (Å²) in [6.07, 6.45) is 2.07. The van der Waals surface area contributed by atoms with Gasteiger partial charge in [-0.15, -0.1) is 5.10 Å². The van der Waals surface area contributed by atoms with Crippen molar-refractivity contribution >= 4 is 0 Å². The zero-order valence-electron chi connectivity index (χ0n) is 10.7. The predicted molar refractivity (Wildman–Crippen MR) is 64.4 cm³/mol. The van der Waals surface area contributed by atoms with Crippen LogP contribution in [0.1, 0.15) is 32.1 Å². The van der Waals surface area contributed by atoms with Crippen LogP contribution in [0.5, 0.6) is 0 Å². The highest BCUT2D eigenvalue weighted by molar-refractivity contribution is 4.80. The van der Waals surface area contributed by atoms with Crippen LogP contribution >= 0.6 is 0 Å². The molecule has 1 heterocycles. The van der Waals surface area contributed by atoms with Crippen LogP contribution in [0.15, 0.2) is 12.4 Å². The fourth-order valence-corrected chi connectivity index (χ4v) is 2.52. The van der Waals surface area contributed by atoms with Crippen LogP contribution in [0.3, 0.4) is 0 Å². The first-order chi connectivity index (χ1) is 9.05. The van der Waals surface area contributed by atoms with Crippen LogP contribution in [0, 0.1) is 5.92 Å². The summed E-state index contributed by atoms with van der Waals surface area (Å²) in [6, 6.07) is 0.231. The van der Waals surface area contributed by atoms with Crippen molar-refractivity contribution in [3.05, 3.63) is 12.4 Å². The van der Waals surface area contributed by atoms with Crippen molar-refractivity contribution in [3.63, 3.8) is 0 Å². The molecule has 1 aliphatic carbocycles. The zero-order chi connectivity index (χ0) is 13.7. The Kier molecular flexibility index (Phi) is 4.79. The number of aryl methyl sites for hydroxylation is 1. The maximum absolute atomic E-state index is 12.5. The summed E-state index contributed by atoms with van der Waals surface area (Å²) in [4.78, 5) is 0. The van der Waals surface area contributed by atoms with Crippen molar-refractivity contribution in [1.82, 2.24) is 20.3 Å². The molecule has 108 valence electrons. The molecule has 1 N–H and O–H groups in total. The Morgan fingerprint density at radius 2 is 1.95 bits per heavy atom. The maximum Gasteiger partial charge on any atom is 0.391 e. The molecule has 0 saturated heterocycles. The van der Waals surface area contributed by atoms with E-state index in [0.717, 1.165) is 19.5 Å². The Morgan fingerprint density at radius 1 is 1.21 bits per heavy atom. The second-order valence-electron chi connectivity index (χ2n) is 5.06. The first-order valence-corrected chi connectivity index (χ1v) is 6.70. The first-order valence-electron chi connectivity index (χ1n) is 6.70. The molecule has 0 aliphatic heterocycles. The van der Waals surface area contributed by atoms with E-state index in [4.69, 9.17) is 0 Å². The third kappa shape index (κ3) is 4.49. The number of aromatic nitrogens is 3. The summed E-state index contributed by atoms with van der Waals surface area (Å²) < 4.78 is 39.2. The maximum atomic E-state index is 12.5. The first kappa shape index (κ1) is 14.3. The summed E-state index contributed by atoms with van der Waals surface area (Å²) in [6.45, 7) is 1.59. The van der Waals surface area contributed by atoms with Gasteiger partial charge in [-0.1, -0.05) is 5.21 Å². The van der Waals surface area contributed by atoms with E-state index in [9.17, 15) is 13.2 Å². The van der Waals surface area contributed by atoms with Crippen molar-refractivity contribution in [2.45, 2.75) is 50.9 Å². The quantitative estimate of drug-likeness (QED) is 0.840. The van der Waals surface area contributed by atoms with E-state index in [1.807, 2.05) is 0 Å². The minimum atomic E-state index is -4.02. The Balaban J connectivity index is 1.58. The lowest BCUT2D eigenvalue weighted by molar-refractivity contribution is -0.182. The molecule has 0 spiro atoms. The Labute approximate surface area is 110 Å². The van der Waals surface area contributed by atoms with E-state index in [1.165, 1.54) is 0 Å². The SMILES string of the molecule is FC(F)(F)C1CCC(NCCCn2ccnn2)CC1. The highest BCUT2D eigenvalue weighted by Gasteiger charge is 2.41. The average molecular weight is 276 g/mol. The topological polar surface area (TPSA) is 42.7 Å². The van der Waals surface area contributed by atoms with E-state index in [2.05, 4.69) is 15.6 Å². The normalized spacial score (nSPS) is 24.6. The lowest BCUT2D eigenvalue weighted by atomic mass is 9.85. The molecular formula is C12H19F3N4. The fourth-order valence-electron chi connectivity index (χ4n) is 2.52. The molecule has 19 heavy (non-hydrogen) atoms. The molecule has 4 nitrogen and oxygen atoms in total. The van der Waals surface area contributed by atoms with E-state index in [-0.39, 0.29) is 18.9 Å². The molecule has 7 heteroatoms. The molecule has 1 aliphatic rings. The van der Waals surface area contributed by atoms with Crippen LogP contribution in [-0.4, -0.2) is 33.8 Å². The van der Waals surface area contributed by atoms with Crippen LogP contribution < -0.4 is 5.32 Å². The number of halogens is 3. The molecule has 0 unspecified atom stereocenters. The molecule has 1 saturated carbocycles. The van der Waals surface area contributed by atoms with Crippen molar-refractivity contribution < 1.29 is 13.2 Å². The van der Waals surface area contributed by atoms with Gasteiger partial charge in [-0.05, 0) is 38.6 Å². The number of hydrogen-bond donors (Lipinski definition) is 1. The lowest BCUT2D eigenvalue weighted by Crippen LogP contribution is -2.37. The highest BCUT2D eigenvalue weighted by Crippen LogP contribution is 2.37. The lowest BCUT2D eigenvalue weighted by Gasteiger charge is -2.30. The fraction of sp³-hybridized carbons (Fsp3) is 0.833. The Hall–Kier alpha value is -1.11. The highest BCUT2D eigenvalue weighted by atomic mass is 19.4. The van der Waals surface area contributed by atoms with E-state index in [0.29, 0.717) is 12.8 Å². The summed E-state index contributed by atoms with van der Waals surface area (Å²) in [5.74, 6) is -1.10. The molecule has 1 aromatic heterocycles. The molecule has 0 radical (unpaired) electrons. The van der Waals surface area contributed by atoms with Gasteiger partial charge in [0, 0.05) is 18.8 Å². The van der Waals surface area contributed by atoms with Crippen molar-refractivity contribution in [2.75, 3.05) is 6.54 Å². The van der Waals surface area contributed by atoms with Gasteiger partial charge >= 0.3 is 6.18 Å². The van der Waals surface area contributed by atoms with Gasteiger partial charge in [-0.25, -0.2) is 0 Å². The summed E-state index contributed by atoms with van der Waals surface area (Å²) in [5, 5.41) is 10.9. The van der Waals surface area contributed by atoms with Crippen molar-refractivity contribution in [1.29, 1.82) is 0 Å². The van der Waals surface area contributed by atoms with Gasteiger partial charge in [0.15, 0.2) is 0 Å². The number of alkyl halides is 3. The van der Waals surface area contributed by atoms with E-state index >= 15 is 0 Å². The zero-order valence-corrected chi connectivity index (χ0v) is 10.7. The van der Waals surface area contributed by atoms with Crippen LogP contribution in [0.4, 0.5) is 13.2 Å². The van der Waals surface area contributed by atoms with Gasteiger partial charge in [0.05, 0.1) is 12.1 Å². The third-order valence-corrected chi connectivity index (χ3v) is 3.66. The van der Waals surface area contributed by atoms with Gasteiger partial charge in [-0.2, -0.15) is 13.2 Å². The predicted octanol–water partition coefficient (Wildman–Crippen LogP) is 2.38. The second kappa shape index (κ2) is 6.36. The van der Waals surface area contributed by atoms with Gasteiger partial charge in [0.2, 0.25) is 0 Å². The Morgan fingerprint density at radius 3 is 2.53 bits per heavy atom. The summed E-state index contributed by atoms with van der Waals surface area (Å²) in [5.41, 5.74) is 0. The minimum Gasteiger partial charge on any atom is -0.314 e. The largest absolute Gasteiger partial charge is 0.391 e. The number of hydrogen-bond acceptors (Lipinski definition) is 3. The van der Waals surface area contributed by atoms with E-state index < -0.39 is 12.1 Å². The molecule has 0 bridgehead atoms. The standard InChI is InChI=1S/C12H19F3N4/c13-12(14,15)10-2-4-11(5-3-10)16-6-1-8-19-9-7-17-18-19/h7,9-11,16H,1-6,8H2. The van der Waals surface area contributed by atoms with Crippen LogP contribution in [0.25, 0.3) is 0 Å². The van der Waals surface area contributed by atoms with Crippen molar-refractivity contribution in [2.24, 2.45) is 5.92 Å². The molecule has 1 fully saturated rings. The molecule has 0 atom stereocenters. The van der Waals surface area contributed by atoms with Gasteiger partial charge < -0.3 is 5.32 Å².